The van der Waals surface area contributed by atoms with E-state index in [0.29, 0.717) is 42.7 Å². The van der Waals surface area contributed by atoms with E-state index in [4.69, 9.17) is 4.74 Å². The number of hydrogen-bond acceptors (Lipinski definition) is 4. The number of carbonyl (C=O) groups excluding carboxylic acids is 2. The Hall–Kier alpha value is -3.68. The summed E-state index contributed by atoms with van der Waals surface area (Å²) in [7, 11) is 0. The molecule has 2 heterocycles. The Morgan fingerprint density at radius 3 is 2.40 bits per heavy atom. The minimum absolute atomic E-state index is 0.0199. The number of likely N-dealkylation sites (tertiary alicyclic amines) is 1. The fourth-order valence-electron chi connectivity index (χ4n) is 4.32. The molecule has 3 aromatic rings. The van der Waals surface area contributed by atoms with Crippen LogP contribution in [0, 0.1) is 12.7 Å². The maximum atomic E-state index is 13.5. The van der Waals surface area contributed by atoms with Gasteiger partial charge in [-0.15, -0.1) is 0 Å². The highest BCUT2D eigenvalue weighted by Crippen LogP contribution is 2.33. The average Bonchev–Trinajstić information content (AvgIpc) is 3.26. The van der Waals surface area contributed by atoms with Crippen molar-refractivity contribution in [3.05, 3.63) is 77.4 Å². The molecule has 8 heteroatoms. The summed E-state index contributed by atoms with van der Waals surface area (Å²) in [6, 6.07) is 13.9. The van der Waals surface area contributed by atoms with Crippen LogP contribution in [0.15, 0.2) is 54.7 Å². The average molecular weight is 479 g/mol. The van der Waals surface area contributed by atoms with Crippen molar-refractivity contribution < 1.29 is 18.7 Å². The molecule has 0 bridgehead atoms. The van der Waals surface area contributed by atoms with E-state index in [1.54, 1.807) is 28.8 Å². The number of aryl methyl sites for hydroxylation is 1. The van der Waals surface area contributed by atoms with Gasteiger partial charge in [-0.3, -0.25) is 4.79 Å². The number of halogens is 1. The van der Waals surface area contributed by atoms with Crippen LogP contribution in [0.3, 0.4) is 0 Å². The Labute approximate surface area is 204 Å². The van der Waals surface area contributed by atoms with Crippen LogP contribution >= 0.6 is 0 Å². The van der Waals surface area contributed by atoms with Gasteiger partial charge in [0.25, 0.3) is 5.91 Å². The monoisotopic (exact) mass is 478 g/mol. The Morgan fingerprint density at radius 2 is 1.77 bits per heavy atom. The number of rotatable bonds is 4. The van der Waals surface area contributed by atoms with Gasteiger partial charge in [0.1, 0.15) is 11.4 Å². The lowest BCUT2D eigenvalue weighted by atomic mass is 9.90. The second kappa shape index (κ2) is 9.90. The molecule has 1 fully saturated rings. The molecule has 0 radical (unpaired) electrons. The van der Waals surface area contributed by atoms with E-state index in [1.807, 2.05) is 51.1 Å². The summed E-state index contributed by atoms with van der Waals surface area (Å²) in [5.41, 5.74) is 2.76. The molecule has 1 aromatic heterocycles. The van der Waals surface area contributed by atoms with E-state index < -0.39 is 5.60 Å². The summed E-state index contributed by atoms with van der Waals surface area (Å²) in [5, 5.41) is 7.46. The second-order valence-corrected chi connectivity index (χ2v) is 9.85. The second-order valence-electron chi connectivity index (χ2n) is 9.85. The molecule has 1 aliphatic heterocycles. The van der Waals surface area contributed by atoms with Crippen LogP contribution < -0.4 is 5.32 Å². The van der Waals surface area contributed by atoms with Crippen molar-refractivity contribution in [1.29, 1.82) is 0 Å². The minimum atomic E-state index is -0.552. The minimum Gasteiger partial charge on any atom is -0.444 e. The number of nitrogens with one attached hydrogen (secondary N) is 1. The van der Waals surface area contributed by atoms with Gasteiger partial charge in [0.2, 0.25) is 0 Å². The van der Waals surface area contributed by atoms with Gasteiger partial charge in [-0.1, -0.05) is 18.2 Å². The van der Waals surface area contributed by atoms with Crippen molar-refractivity contribution in [1.82, 2.24) is 14.7 Å². The summed E-state index contributed by atoms with van der Waals surface area (Å²) in [4.78, 5) is 27.6. The summed E-state index contributed by atoms with van der Waals surface area (Å²) in [6.45, 7) is 8.35. The number of aromatic nitrogens is 2. The molecule has 2 amide bonds. The predicted octanol–water partition coefficient (Wildman–Crippen LogP) is 5.69. The van der Waals surface area contributed by atoms with E-state index in [-0.39, 0.29) is 23.7 Å². The quantitative estimate of drug-likeness (QED) is 0.523. The molecule has 1 saturated heterocycles. The smallest absolute Gasteiger partial charge is 0.410 e. The van der Waals surface area contributed by atoms with Crippen molar-refractivity contribution in [3.8, 4) is 5.69 Å². The number of anilines is 1. The third kappa shape index (κ3) is 5.70. The zero-order chi connectivity index (χ0) is 25.2. The van der Waals surface area contributed by atoms with E-state index in [0.717, 1.165) is 11.4 Å². The van der Waals surface area contributed by atoms with Gasteiger partial charge in [0.15, 0.2) is 0 Å². The van der Waals surface area contributed by atoms with Crippen LogP contribution in [0.25, 0.3) is 5.69 Å². The molecule has 4 rings (SSSR count). The molecular formula is C27H31FN4O3. The summed E-state index contributed by atoms with van der Waals surface area (Å²) in [5.74, 6) is -0.632. The van der Waals surface area contributed by atoms with Crippen LogP contribution in [0.5, 0.6) is 0 Å². The van der Waals surface area contributed by atoms with Crippen molar-refractivity contribution >= 4 is 17.7 Å². The van der Waals surface area contributed by atoms with Crippen LogP contribution in [-0.2, 0) is 4.74 Å². The molecule has 2 aromatic carbocycles. The molecular weight excluding hydrogens is 447 g/mol. The number of hydrogen-bond donors (Lipinski definition) is 1. The largest absolute Gasteiger partial charge is 0.444 e. The van der Waals surface area contributed by atoms with Gasteiger partial charge in [-0.2, -0.15) is 5.10 Å². The Morgan fingerprint density at radius 1 is 1.09 bits per heavy atom. The number of nitrogens with zero attached hydrogens (tertiary/aromatic N) is 3. The Kier molecular flexibility index (Phi) is 6.91. The number of piperidine rings is 1. The number of carbonyl (C=O) groups is 2. The molecule has 35 heavy (non-hydrogen) atoms. The van der Waals surface area contributed by atoms with Gasteiger partial charge in [0, 0.05) is 24.7 Å². The van der Waals surface area contributed by atoms with E-state index >= 15 is 0 Å². The van der Waals surface area contributed by atoms with Crippen molar-refractivity contribution in [2.75, 3.05) is 18.4 Å². The van der Waals surface area contributed by atoms with E-state index in [1.165, 1.54) is 12.1 Å². The van der Waals surface area contributed by atoms with E-state index in [9.17, 15) is 14.0 Å². The topological polar surface area (TPSA) is 76.5 Å². The molecule has 184 valence electrons. The number of amides is 2. The van der Waals surface area contributed by atoms with Gasteiger partial charge in [-0.05, 0) is 76.4 Å². The van der Waals surface area contributed by atoms with Gasteiger partial charge < -0.3 is 15.0 Å². The fraction of sp³-hybridized carbons (Fsp3) is 0.370. The normalized spacial score (nSPS) is 14.6. The Bertz CT molecular complexity index is 1210. The lowest BCUT2D eigenvalue weighted by molar-refractivity contribution is 0.0203. The maximum absolute atomic E-state index is 13.5. The number of ether oxygens (including phenoxy) is 1. The van der Waals surface area contributed by atoms with Gasteiger partial charge in [-0.25, -0.2) is 13.9 Å². The lowest BCUT2D eigenvalue weighted by Gasteiger charge is -2.34. The highest BCUT2D eigenvalue weighted by atomic mass is 19.1. The molecule has 1 N–H and O–H groups in total. The summed E-state index contributed by atoms with van der Waals surface area (Å²) in [6.07, 6.45) is 2.61. The fourth-order valence-corrected chi connectivity index (χ4v) is 4.32. The van der Waals surface area contributed by atoms with Crippen LogP contribution in [0.2, 0.25) is 0 Å². The van der Waals surface area contributed by atoms with Gasteiger partial charge >= 0.3 is 6.09 Å². The molecule has 0 atom stereocenters. The first kappa shape index (κ1) is 24.4. The molecule has 1 aliphatic rings. The molecule has 7 nitrogen and oxygen atoms in total. The lowest BCUT2D eigenvalue weighted by Crippen LogP contribution is -2.41. The third-order valence-electron chi connectivity index (χ3n) is 6.02. The SMILES string of the molecule is Cc1cc(F)ccc1NC(=O)c1cnn(-c2ccccc2)c1C1CCN(C(=O)OC(C)(C)C)CC1. The molecule has 0 unspecified atom stereocenters. The third-order valence-corrected chi connectivity index (χ3v) is 6.02. The maximum Gasteiger partial charge on any atom is 0.410 e. The zero-order valence-corrected chi connectivity index (χ0v) is 20.5. The Balaban J connectivity index is 1.61. The van der Waals surface area contributed by atoms with E-state index in [2.05, 4.69) is 10.4 Å². The first-order chi connectivity index (χ1) is 16.6. The van der Waals surface area contributed by atoms with Crippen LogP contribution in [0.1, 0.15) is 61.1 Å². The van der Waals surface area contributed by atoms with Crippen LogP contribution in [-0.4, -0.2) is 45.4 Å². The highest BCUT2D eigenvalue weighted by Gasteiger charge is 2.32. The van der Waals surface area contributed by atoms with Crippen molar-refractivity contribution in [2.24, 2.45) is 0 Å². The predicted molar refractivity (Wildman–Crippen MR) is 132 cm³/mol. The molecule has 0 aliphatic carbocycles. The van der Waals surface area contributed by atoms with Crippen molar-refractivity contribution in [3.63, 3.8) is 0 Å². The van der Waals surface area contributed by atoms with Crippen molar-refractivity contribution in [2.45, 2.75) is 52.1 Å². The summed E-state index contributed by atoms with van der Waals surface area (Å²) >= 11 is 0. The number of benzene rings is 2. The molecule has 0 spiro atoms. The zero-order valence-electron chi connectivity index (χ0n) is 20.5. The summed E-state index contributed by atoms with van der Waals surface area (Å²) < 4.78 is 20.9. The standard InChI is InChI=1S/C27H31FN4O3/c1-18-16-20(28)10-11-23(18)30-25(33)22-17-29-32(21-8-6-5-7-9-21)24(22)19-12-14-31(15-13-19)26(34)35-27(2,3)4/h5-11,16-17,19H,12-15H2,1-4H3,(H,30,33). The molecule has 0 saturated carbocycles. The first-order valence-corrected chi connectivity index (χ1v) is 11.8. The number of para-hydroxylation sites is 1. The van der Waals surface area contributed by atoms with Crippen LogP contribution in [0.4, 0.5) is 14.9 Å². The first-order valence-electron chi connectivity index (χ1n) is 11.8. The van der Waals surface area contributed by atoms with Gasteiger partial charge in [0.05, 0.1) is 23.1 Å². The highest BCUT2D eigenvalue weighted by molar-refractivity contribution is 6.05.